The van der Waals surface area contributed by atoms with Gasteiger partial charge in [-0.15, -0.1) is 0 Å². The van der Waals surface area contributed by atoms with Gasteiger partial charge in [-0.05, 0) is 31.5 Å². The molecule has 1 aliphatic heterocycles. The lowest BCUT2D eigenvalue weighted by Gasteiger charge is -2.23. The topological polar surface area (TPSA) is 54.4 Å². The lowest BCUT2D eigenvalue weighted by molar-refractivity contribution is 0.224. The van der Waals surface area contributed by atoms with Gasteiger partial charge in [-0.1, -0.05) is 6.42 Å². The zero-order valence-electron chi connectivity index (χ0n) is 8.65. The Morgan fingerprint density at radius 3 is 3.20 bits per heavy atom. The smallest absolute Gasteiger partial charge is 0.256 e. The van der Waals surface area contributed by atoms with Crippen molar-refractivity contribution in [2.24, 2.45) is 0 Å². The SMILES string of the molecule is Oc1cccnc1OC[C@H]1CCCCN1. The Hall–Kier alpha value is -1.29. The average Bonchev–Trinajstić information content (AvgIpc) is 2.29. The van der Waals surface area contributed by atoms with Crippen LogP contribution in [0.5, 0.6) is 11.6 Å². The van der Waals surface area contributed by atoms with Crippen LogP contribution in [0.2, 0.25) is 0 Å². The summed E-state index contributed by atoms with van der Waals surface area (Å²) in [5, 5.41) is 12.8. The molecule has 0 aromatic carbocycles. The van der Waals surface area contributed by atoms with Gasteiger partial charge in [0.05, 0.1) is 0 Å². The summed E-state index contributed by atoms with van der Waals surface area (Å²) in [6.07, 6.45) is 5.23. The van der Waals surface area contributed by atoms with E-state index < -0.39 is 0 Å². The van der Waals surface area contributed by atoms with Gasteiger partial charge in [-0.3, -0.25) is 0 Å². The molecule has 0 saturated carbocycles. The van der Waals surface area contributed by atoms with E-state index in [0.29, 0.717) is 18.5 Å². The first kappa shape index (κ1) is 10.2. The van der Waals surface area contributed by atoms with Gasteiger partial charge >= 0.3 is 0 Å². The molecule has 0 spiro atoms. The molecule has 1 fully saturated rings. The fraction of sp³-hybridized carbons (Fsp3) is 0.545. The van der Waals surface area contributed by atoms with Crippen molar-refractivity contribution in [2.75, 3.05) is 13.2 Å². The van der Waals surface area contributed by atoms with Gasteiger partial charge < -0.3 is 15.2 Å². The first-order valence-corrected chi connectivity index (χ1v) is 5.36. The number of hydrogen-bond acceptors (Lipinski definition) is 4. The molecule has 1 aliphatic rings. The van der Waals surface area contributed by atoms with Crippen LogP contribution in [-0.2, 0) is 0 Å². The number of pyridine rings is 1. The zero-order chi connectivity index (χ0) is 10.5. The van der Waals surface area contributed by atoms with Crippen LogP contribution in [0.1, 0.15) is 19.3 Å². The standard InChI is InChI=1S/C11H16N2O2/c14-10-5-3-7-13-11(10)15-8-9-4-1-2-6-12-9/h3,5,7,9,12,14H,1-2,4,6,8H2/t9-/m1/s1. The predicted octanol–water partition coefficient (Wildman–Crippen LogP) is 1.31. The van der Waals surface area contributed by atoms with E-state index in [9.17, 15) is 5.11 Å². The molecule has 0 bridgehead atoms. The summed E-state index contributed by atoms with van der Waals surface area (Å²) >= 11 is 0. The Labute approximate surface area is 89.3 Å². The molecule has 0 amide bonds. The maximum absolute atomic E-state index is 9.43. The number of nitrogens with zero attached hydrogens (tertiary/aromatic N) is 1. The predicted molar refractivity (Wildman–Crippen MR) is 57.0 cm³/mol. The second-order valence-corrected chi connectivity index (χ2v) is 3.79. The molecule has 15 heavy (non-hydrogen) atoms. The van der Waals surface area contributed by atoms with E-state index >= 15 is 0 Å². The van der Waals surface area contributed by atoms with E-state index in [4.69, 9.17) is 4.74 Å². The quantitative estimate of drug-likeness (QED) is 0.786. The summed E-state index contributed by atoms with van der Waals surface area (Å²) in [4.78, 5) is 3.96. The molecule has 4 nitrogen and oxygen atoms in total. The Balaban J connectivity index is 1.84. The number of piperidine rings is 1. The summed E-state index contributed by atoms with van der Waals surface area (Å²) in [6, 6.07) is 3.65. The third kappa shape index (κ3) is 2.83. The summed E-state index contributed by atoms with van der Waals surface area (Å²) in [5.41, 5.74) is 0. The molecule has 2 N–H and O–H groups in total. The molecule has 1 saturated heterocycles. The minimum absolute atomic E-state index is 0.105. The highest BCUT2D eigenvalue weighted by molar-refractivity contribution is 5.30. The molecule has 2 rings (SSSR count). The molecule has 2 heterocycles. The van der Waals surface area contributed by atoms with Gasteiger partial charge in [0.25, 0.3) is 5.88 Å². The lowest BCUT2D eigenvalue weighted by atomic mass is 10.1. The number of nitrogens with one attached hydrogen (secondary N) is 1. The Morgan fingerprint density at radius 1 is 1.53 bits per heavy atom. The highest BCUT2D eigenvalue weighted by Crippen LogP contribution is 2.21. The van der Waals surface area contributed by atoms with Gasteiger partial charge in [0.1, 0.15) is 6.61 Å². The van der Waals surface area contributed by atoms with Gasteiger partial charge in [0.2, 0.25) is 0 Å². The van der Waals surface area contributed by atoms with Crippen molar-refractivity contribution in [3.63, 3.8) is 0 Å². The number of ether oxygens (including phenoxy) is 1. The molecule has 82 valence electrons. The van der Waals surface area contributed by atoms with Crippen LogP contribution >= 0.6 is 0 Å². The summed E-state index contributed by atoms with van der Waals surface area (Å²) in [7, 11) is 0. The van der Waals surface area contributed by atoms with Crippen molar-refractivity contribution in [2.45, 2.75) is 25.3 Å². The molecule has 1 aromatic heterocycles. The van der Waals surface area contributed by atoms with E-state index in [-0.39, 0.29) is 5.75 Å². The van der Waals surface area contributed by atoms with Crippen LogP contribution in [0.25, 0.3) is 0 Å². The normalized spacial score (nSPS) is 21.2. The molecule has 1 atom stereocenters. The molecule has 0 radical (unpaired) electrons. The van der Waals surface area contributed by atoms with Crippen molar-refractivity contribution in [3.05, 3.63) is 18.3 Å². The lowest BCUT2D eigenvalue weighted by Crippen LogP contribution is -2.38. The van der Waals surface area contributed by atoms with Gasteiger partial charge in [-0.25, -0.2) is 4.98 Å². The van der Waals surface area contributed by atoms with Crippen LogP contribution in [0, 0.1) is 0 Å². The van der Waals surface area contributed by atoms with Crippen LogP contribution in [-0.4, -0.2) is 29.3 Å². The zero-order valence-corrected chi connectivity index (χ0v) is 8.65. The number of rotatable bonds is 3. The molecule has 1 aromatic rings. The molecule has 0 aliphatic carbocycles. The summed E-state index contributed by atoms with van der Waals surface area (Å²) in [5.74, 6) is 0.429. The maximum atomic E-state index is 9.43. The van der Waals surface area contributed by atoms with E-state index in [2.05, 4.69) is 10.3 Å². The highest BCUT2D eigenvalue weighted by Gasteiger charge is 2.13. The molecule has 0 unspecified atom stereocenters. The number of hydrogen-bond donors (Lipinski definition) is 2. The van der Waals surface area contributed by atoms with Crippen LogP contribution in [0.4, 0.5) is 0 Å². The molecular weight excluding hydrogens is 192 g/mol. The first-order valence-electron chi connectivity index (χ1n) is 5.36. The van der Waals surface area contributed by atoms with E-state index in [0.717, 1.165) is 13.0 Å². The molecule has 4 heteroatoms. The van der Waals surface area contributed by atoms with Crippen molar-refractivity contribution < 1.29 is 9.84 Å². The van der Waals surface area contributed by atoms with Crippen LogP contribution in [0.15, 0.2) is 18.3 Å². The van der Waals surface area contributed by atoms with Crippen molar-refractivity contribution in [1.29, 1.82) is 0 Å². The molecular formula is C11H16N2O2. The van der Waals surface area contributed by atoms with E-state index in [1.807, 2.05) is 0 Å². The largest absolute Gasteiger partial charge is 0.503 e. The third-order valence-corrected chi connectivity index (χ3v) is 2.58. The minimum atomic E-state index is 0.105. The van der Waals surface area contributed by atoms with E-state index in [1.165, 1.54) is 12.8 Å². The van der Waals surface area contributed by atoms with E-state index in [1.54, 1.807) is 18.3 Å². The Bertz CT molecular complexity index is 311. The van der Waals surface area contributed by atoms with Crippen LogP contribution in [0.3, 0.4) is 0 Å². The fourth-order valence-corrected chi connectivity index (χ4v) is 1.74. The average molecular weight is 208 g/mol. The van der Waals surface area contributed by atoms with Gasteiger partial charge in [0, 0.05) is 12.2 Å². The minimum Gasteiger partial charge on any atom is -0.503 e. The van der Waals surface area contributed by atoms with Crippen molar-refractivity contribution >= 4 is 0 Å². The highest BCUT2D eigenvalue weighted by atomic mass is 16.5. The van der Waals surface area contributed by atoms with Gasteiger partial charge in [0.15, 0.2) is 5.75 Å². The maximum Gasteiger partial charge on any atom is 0.256 e. The summed E-state index contributed by atoms with van der Waals surface area (Å²) in [6.45, 7) is 1.63. The second-order valence-electron chi connectivity index (χ2n) is 3.79. The van der Waals surface area contributed by atoms with Gasteiger partial charge in [-0.2, -0.15) is 0 Å². The Kier molecular flexibility index (Phi) is 3.40. The summed E-state index contributed by atoms with van der Waals surface area (Å²) < 4.78 is 5.45. The fourth-order valence-electron chi connectivity index (χ4n) is 1.74. The third-order valence-electron chi connectivity index (χ3n) is 2.58. The monoisotopic (exact) mass is 208 g/mol. The number of aromatic nitrogens is 1. The Morgan fingerprint density at radius 2 is 2.47 bits per heavy atom. The van der Waals surface area contributed by atoms with Crippen molar-refractivity contribution in [3.8, 4) is 11.6 Å². The number of aromatic hydroxyl groups is 1. The van der Waals surface area contributed by atoms with Crippen molar-refractivity contribution in [1.82, 2.24) is 10.3 Å². The first-order chi connectivity index (χ1) is 7.36. The second kappa shape index (κ2) is 4.98. The van der Waals surface area contributed by atoms with Crippen LogP contribution < -0.4 is 10.1 Å².